The number of methoxy groups -OCH3 is 1. The van der Waals surface area contributed by atoms with Crippen molar-refractivity contribution in [3.8, 4) is 11.5 Å². The molecule has 4 aromatic rings. The molecule has 0 radical (unpaired) electrons. The summed E-state index contributed by atoms with van der Waals surface area (Å²) < 4.78 is 21.1. The minimum absolute atomic E-state index is 0.183. The van der Waals surface area contributed by atoms with Gasteiger partial charge in [-0.2, -0.15) is 0 Å². The van der Waals surface area contributed by atoms with Gasteiger partial charge in [-0.15, -0.1) is 0 Å². The second-order valence-electron chi connectivity index (χ2n) is 7.26. The van der Waals surface area contributed by atoms with E-state index in [1.165, 1.54) is 0 Å². The fourth-order valence-corrected chi connectivity index (χ4v) is 3.05. The molecule has 0 aliphatic carbocycles. The maximum Gasteiger partial charge on any atom is 0.291 e. The number of benzene rings is 1. The van der Waals surface area contributed by atoms with Crippen molar-refractivity contribution in [1.82, 2.24) is 15.5 Å². The highest BCUT2D eigenvalue weighted by Gasteiger charge is 2.16. The Hall–Kier alpha value is -4.18. The number of nitrogens with zero attached hydrogens (tertiary/aromatic N) is 2. The van der Waals surface area contributed by atoms with Crippen LogP contribution in [0.25, 0.3) is 11.5 Å². The van der Waals surface area contributed by atoms with Gasteiger partial charge in [-0.05, 0) is 50.2 Å². The Morgan fingerprint density at radius 2 is 1.82 bits per heavy atom. The van der Waals surface area contributed by atoms with Gasteiger partial charge < -0.3 is 28.7 Å². The Kier molecular flexibility index (Phi) is 6.36. The van der Waals surface area contributed by atoms with E-state index in [1.54, 1.807) is 63.4 Å². The van der Waals surface area contributed by atoms with E-state index >= 15 is 0 Å². The first-order valence-corrected chi connectivity index (χ1v) is 10.1. The van der Waals surface area contributed by atoms with Crippen LogP contribution in [0.2, 0.25) is 0 Å². The van der Waals surface area contributed by atoms with Gasteiger partial charge in [-0.25, -0.2) is 4.98 Å². The van der Waals surface area contributed by atoms with Crippen LogP contribution in [-0.4, -0.2) is 29.1 Å². The van der Waals surface area contributed by atoms with Crippen molar-refractivity contribution in [3.05, 3.63) is 76.9 Å². The third-order valence-electron chi connectivity index (χ3n) is 4.73. The van der Waals surface area contributed by atoms with Crippen molar-refractivity contribution in [1.29, 1.82) is 0 Å². The van der Waals surface area contributed by atoms with Gasteiger partial charge in [0.15, 0.2) is 11.5 Å². The second kappa shape index (κ2) is 9.53. The molecule has 0 aliphatic rings. The number of aromatic nitrogens is 2. The molecule has 0 unspecified atom stereocenters. The van der Waals surface area contributed by atoms with Crippen molar-refractivity contribution in [3.63, 3.8) is 0 Å². The summed E-state index contributed by atoms with van der Waals surface area (Å²) in [5.74, 6) is 1.59. The van der Waals surface area contributed by atoms with E-state index in [2.05, 4.69) is 20.8 Å². The molecule has 33 heavy (non-hydrogen) atoms. The summed E-state index contributed by atoms with van der Waals surface area (Å²) in [5, 5.41) is 9.20. The Bertz CT molecular complexity index is 1270. The Morgan fingerprint density at radius 3 is 2.52 bits per heavy atom. The molecule has 0 atom stereocenters. The maximum atomic E-state index is 12.3. The zero-order valence-corrected chi connectivity index (χ0v) is 18.3. The highest BCUT2D eigenvalue weighted by molar-refractivity contribution is 6.02. The average Bonchev–Trinajstić information content (AvgIpc) is 3.53. The first-order valence-electron chi connectivity index (χ1n) is 10.1. The van der Waals surface area contributed by atoms with E-state index in [0.29, 0.717) is 41.2 Å². The van der Waals surface area contributed by atoms with Gasteiger partial charge in [0, 0.05) is 24.4 Å². The van der Waals surface area contributed by atoms with Crippen LogP contribution in [0.4, 0.5) is 5.69 Å². The first-order chi connectivity index (χ1) is 15.9. The molecule has 3 heterocycles. The van der Waals surface area contributed by atoms with Gasteiger partial charge in [-0.1, -0.05) is 5.16 Å². The van der Waals surface area contributed by atoms with Crippen molar-refractivity contribution >= 4 is 17.5 Å². The molecule has 2 N–H and O–H groups in total. The fraction of sp³-hybridized carbons (Fsp3) is 0.217. The summed E-state index contributed by atoms with van der Waals surface area (Å²) in [6, 6.07) is 11.9. The molecular formula is C23H22N4O6. The van der Waals surface area contributed by atoms with Gasteiger partial charge >= 0.3 is 0 Å². The average molecular weight is 450 g/mol. The molecule has 0 saturated carbocycles. The lowest BCUT2D eigenvalue weighted by atomic mass is 10.2. The molecule has 10 heteroatoms. The monoisotopic (exact) mass is 450 g/mol. The molecule has 0 aliphatic heterocycles. The van der Waals surface area contributed by atoms with Gasteiger partial charge in [0.1, 0.15) is 29.6 Å². The predicted molar refractivity (Wildman–Crippen MR) is 116 cm³/mol. The summed E-state index contributed by atoms with van der Waals surface area (Å²) in [4.78, 5) is 29.0. The smallest absolute Gasteiger partial charge is 0.291 e. The number of ether oxygens (including phenoxy) is 1. The van der Waals surface area contributed by atoms with E-state index in [4.69, 9.17) is 18.1 Å². The second-order valence-corrected chi connectivity index (χ2v) is 7.26. The number of amides is 2. The van der Waals surface area contributed by atoms with Crippen LogP contribution in [0.1, 0.15) is 44.0 Å². The van der Waals surface area contributed by atoms with Gasteiger partial charge in [0.2, 0.25) is 5.89 Å². The summed E-state index contributed by atoms with van der Waals surface area (Å²) in [7, 11) is 1.55. The van der Waals surface area contributed by atoms with Crippen LogP contribution < -0.4 is 10.6 Å². The first kappa shape index (κ1) is 22.0. The Morgan fingerprint density at radius 1 is 1.03 bits per heavy atom. The minimum atomic E-state index is -0.364. The van der Waals surface area contributed by atoms with E-state index < -0.39 is 0 Å². The van der Waals surface area contributed by atoms with Crippen molar-refractivity contribution in [2.45, 2.75) is 27.0 Å². The lowest BCUT2D eigenvalue weighted by Gasteiger charge is -2.04. The number of rotatable bonds is 8. The van der Waals surface area contributed by atoms with Crippen LogP contribution in [0.15, 0.2) is 55.8 Å². The van der Waals surface area contributed by atoms with Crippen molar-refractivity contribution < 1.29 is 27.7 Å². The van der Waals surface area contributed by atoms with Crippen LogP contribution in [0.3, 0.4) is 0 Å². The van der Waals surface area contributed by atoms with Gasteiger partial charge in [0.05, 0.1) is 6.54 Å². The molecule has 0 saturated heterocycles. The van der Waals surface area contributed by atoms with E-state index in [1.807, 2.05) is 0 Å². The van der Waals surface area contributed by atoms with Gasteiger partial charge in [0.25, 0.3) is 11.8 Å². The zero-order valence-electron chi connectivity index (χ0n) is 18.3. The molecule has 4 rings (SSSR count). The zero-order chi connectivity index (χ0) is 23.4. The van der Waals surface area contributed by atoms with E-state index in [9.17, 15) is 9.59 Å². The summed E-state index contributed by atoms with van der Waals surface area (Å²) in [6.45, 7) is 3.96. The Labute approximate surface area is 188 Å². The highest BCUT2D eigenvalue weighted by atomic mass is 16.5. The van der Waals surface area contributed by atoms with Crippen LogP contribution in [-0.2, 0) is 17.9 Å². The molecule has 3 aromatic heterocycles. The number of nitrogens with one attached hydrogen (secondary N) is 2. The van der Waals surface area contributed by atoms with Gasteiger partial charge in [-0.3, -0.25) is 9.59 Å². The maximum absolute atomic E-state index is 12.3. The molecule has 0 spiro atoms. The molecule has 0 bridgehead atoms. The van der Waals surface area contributed by atoms with Crippen LogP contribution >= 0.6 is 0 Å². The third-order valence-corrected chi connectivity index (χ3v) is 4.73. The highest BCUT2D eigenvalue weighted by Crippen LogP contribution is 2.24. The number of hydrogen-bond acceptors (Lipinski definition) is 8. The topological polar surface area (TPSA) is 133 Å². The van der Waals surface area contributed by atoms with Crippen LogP contribution in [0, 0.1) is 13.8 Å². The number of oxazole rings is 1. The molecular weight excluding hydrogens is 428 g/mol. The molecule has 0 fully saturated rings. The number of hydrogen-bond donors (Lipinski definition) is 2. The number of aryl methyl sites for hydroxylation is 2. The number of anilines is 1. The number of carbonyl (C=O) groups excluding carboxylic acids is 2. The molecule has 1 aromatic carbocycles. The number of furan rings is 1. The molecule has 170 valence electrons. The largest absolute Gasteiger partial charge is 0.453 e. The molecule has 2 amide bonds. The lowest BCUT2D eigenvalue weighted by molar-refractivity contribution is 0.0940. The standard InChI is InChI=1S/C23H22N4O6/c1-13-10-18(27-33-13)21(28)24-11-19-14(2)31-23(26-19)15-4-6-16(7-5-15)25-22(29)20-9-8-17(32-20)12-30-3/h4-10H,11-12H2,1-3H3,(H,24,28)(H,25,29). The molecule has 10 nitrogen and oxygen atoms in total. The van der Waals surface area contributed by atoms with E-state index in [0.717, 1.165) is 5.56 Å². The van der Waals surface area contributed by atoms with Crippen LogP contribution in [0.5, 0.6) is 0 Å². The Balaban J connectivity index is 1.38. The normalized spacial score (nSPS) is 10.9. The van der Waals surface area contributed by atoms with Crippen molar-refractivity contribution in [2.75, 3.05) is 12.4 Å². The third kappa shape index (κ3) is 5.18. The predicted octanol–water partition coefficient (Wildman–Crippen LogP) is 3.87. The lowest BCUT2D eigenvalue weighted by Crippen LogP contribution is -2.23. The SMILES string of the molecule is COCc1ccc(C(=O)Nc2ccc(-c3nc(CNC(=O)c4cc(C)on4)c(C)o3)cc2)o1. The summed E-state index contributed by atoms with van der Waals surface area (Å²) >= 11 is 0. The number of carbonyl (C=O) groups is 2. The quantitative estimate of drug-likeness (QED) is 0.413. The fourth-order valence-electron chi connectivity index (χ4n) is 3.05. The van der Waals surface area contributed by atoms with Crippen molar-refractivity contribution in [2.24, 2.45) is 0 Å². The summed E-state index contributed by atoms with van der Waals surface area (Å²) in [5.41, 5.74) is 2.12. The van der Waals surface area contributed by atoms with E-state index in [-0.39, 0.29) is 29.8 Å². The minimum Gasteiger partial charge on any atom is -0.453 e. The summed E-state index contributed by atoms with van der Waals surface area (Å²) in [6.07, 6.45) is 0.